The maximum Gasteiger partial charge on any atom is 0.126 e. The van der Waals surface area contributed by atoms with Crippen LogP contribution in [-0.4, -0.2) is 12.5 Å². The van der Waals surface area contributed by atoms with E-state index >= 15 is 0 Å². The first-order valence-corrected chi connectivity index (χ1v) is 4.45. The number of allylic oxidation sites excluding steroid dienone is 1. The monoisotopic (exact) mass is 200 g/mol. The van der Waals surface area contributed by atoms with E-state index < -0.39 is 0 Å². The summed E-state index contributed by atoms with van der Waals surface area (Å²) in [5.74, 6) is 0.699. The van der Waals surface area contributed by atoms with E-state index in [1.807, 2.05) is 0 Å². The molecule has 3 heteroatoms. The molecule has 0 aliphatic heterocycles. The molecule has 0 spiro atoms. The fourth-order valence-corrected chi connectivity index (χ4v) is 0.958. The van der Waals surface area contributed by atoms with Gasteiger partial charge in [0.05, 0.1) is 0 Å². The van der Waals surface area contributed by atoms with Crippen LogP contribution in [0.4, 0.5) is 4.39 Å². The van der Waals surface area contributed by atoms with Crippen LogP contribution in [0.5, 0.6) is 5.75 Å². The third kappa shape index (κ3) is 3.95. The van der Waals surface area contributed by atoms with Gasteiger partial charge in [0.25, 0.3) is 0 Å². The summed E-state index contributed by atoms with van der Waals surface area (Å²) in [5.41, 5.74) is 0. The van der Waals surface area contributed by atoms with E-state index in [1.54, 1.807) is 24.3 Å². The van der Waals surface area contributed by atoms with Crippen LogP contribution >= 0.6 is 11.6 Å². The van der Waals surface area contributed by atoms with Gasteiger partial charge in [-0.2, -0.15) is 0 Å². The molecule has 0 aliphatic carbocycles. The summed E-state index contributed by atoms with van der Waals surface area (Å²) >= 11 is 5.41. The summed E-state index contributed by atoms with van der Waals surface area (Å²) in [6.45, 7) is 0.413. The molecule has 0 bridgehead atoms. The lowest BCUT2D eigenvalue weighted by Crippen LogP contribution is -1.93. The van der Waals surface area contributed by atoms with E-state index in [9.17, 15) is 4.39 Å². The third-order valence-electron chi connectivity index (χ3n) is 1.40. The number of halogens is 2. The Morgan fingerprint density at radius 1 is 1.38 bits per heavy atom. The van der Waals surface area contributed by atoms with Gasteiger partial charge in [-0.1, -0.05) is 18.2 Å². The van der Waals surface area contributed by atoms with Crippen molar-refractivity contribution >= 4 is 11.6 Å². The highest BCUT2D eigenvalue weighted by molar-refractivity contribution is 6.18. The molecule has 0 saturated heterocycles. The minimum atomic E-state index is -0.293. The second-order valence-electron chi connectivity index (χ2n) is 2.39. The number of rotatable bonds is 4. The summed E-state index contributed by atoms with van der Waals surface area (Å²) in [7, 11) is 0. The van der Waals surface area contributed by atoms with Crippen molar-refractivity contribution in [3.8, 4) is 5.75 Å². The highest BCUT2D eigenvalue weighted by atomic mass is 35.5. The molecular weight excluding hydrogens is 191 g/mol. The van der Waals surface area contributed by atoms with Gasteiger partial charge >= 0.3 is 0 Å². The first-order valence-electron chi connectivity index (χ1n) is 3.92. The van der Waals surface area contributed by atoms with Gasteiger partial charge in [0.15, 0.2) is 0 Å². The van der Waals surface area contributed by atoms with Gasteiger partial charge in [0, 0.05) is 11.9 Å². The Hall–Kier alpha value is -1.02. The zero-order chi connectivity index (χ0) is 9.52. The molecule has 0 atom stereocenters. The Morgan fingerprint density at radius 3 is 2.92 bits per heavy atom. The fraction of sp³-hybridized carbons (Fsp3) is 0.200. The predicted octanol–water partition coefficient (Wildman–Crippen LogP) is 3.00. The molecule has 0 aliphatic rings. The molecule has 0 amide bonds. The molecule has 1 nitrogen and oxygen atoms in total. The third-order valence-corrected chi connectivity index (χ3v) is 1.58. The zero-order valence-electron chi connectivity index (χ0n) is 7.04. The van der Waals surface area contributed by atoms with Crippen LogP contribution in [0.15, 0.2) is 36.4 Å². The fourth-order valence-electron chi connectivity index (χ4n) is 0.832. The molecular formula is C10H10ClFO. The van der Waals surface area contributed by atoms with Crippen molar-refractivity contribution in [2.24, 2.45) is 0 Å². The van der Waals surface area contributed by atoms with E-state index in [-0.39, 0.29) is 5.82 Å². The number of hydrogen-bond acceptors (Lipinski definition) is 1. The van der Waals surface area contributed by atoms with Crippen LogP contribution in [0.3, 0.4) is 0 Å². The van der Waals surface area contributed by atoms with Gasteiger partial charge < -0.3 is 4.74 Å². The number of ether oxygens (including phenoxy) is 1. The average Bonchev–Trinajstić information content (AvgIpc) is 2.13. The van der Waals surface area contributed by atoms with Crippen LogP contribution in [0.2, 0.25) is 0 Å². The minimum Gasteiger partial charge on any atom is -0.489 e. The number of hydrogen-bond donors (Lipinski definition) is 0. The Morgan fingerprint density at radius 2 is 2.23 bits per heavy atom. The topological polar surface area (TPSA) is 9.23 Å². The van der Waals surface area contributed by atoms with Gasteiger partial charge in [0.2, 0.25) is 0 Å². The first kappa shape index (κ1) is 10.1. The quantitative estimate of drug-likeness (QED) is 0.536. The Bertz CT molecular complexity index is 286. The van der Waals surface area contributed by atoms with Gasteiger partial charge in [-0.05, 0) is 12.1 Å². The maximum absolute atomic E-state index is 12.6. The van der Waals surface area contributed by atoms with E-state index in [0.717, 1.165) is 0 Å². The van der Waals surface area contributed by atoms with Crippen molar-refractivity contribution in [3.63, 3.8) is 0 Å². The van der Waals surface area contributed by atoms with Crippen LogP contribution in [0, 0.1) is 5.82 Å². The van der Waals surface area contributed by atoms with Gasteiger partial charge in [-0.3, -0.25) is 0 Å². The lowest BCUT2D eigenvalue weighted by molar-refractivity contribution is 0.360. The predicted molar refractivity (Wildman–Crippen MR) is 51.8 cm³/mol. The highest BCUT2D eigenvalue weighted by Gasteiger charge is 1.92. The molecule has 0 radical (unpaired) electrons. The van der Waals surface area contributed by atoms with Crippen LogP contribution < -0.4 is 4.74 Å². The summed E-state index contributed by atoms with van der Waals surface area (Å²) in [6, 6.07) is 6.03. The number of benzene rings is 1. The molecule has 1 aromatic rings. The largest absolute Gasteiger partial charge is 0.489 e. The second kappa shape index (κ2) is 5.60. The number of alkyl halides is 1. The van der Waals surface area contributed by atoms with E-state index in [2.05, 4.69) is 0 Å². The molecule has 0 fully saturated rings. The normalized spacial score (nSPS) is 10.6. The molecule has 1 rings (SSSR count). The highest BCUT2D eigenvalue weighted by Crippen LogP contribution is 2.11. The zero-order valence-corrected chi connectivity index (χ0v) is 7.80. The standard InChI is InChI=1S/C10H10ClFO/c11-6-1-2-7-13-10-5-3-4-9(12)8-10/h1-5,8H,6-7H2. The molecule has 0 N–H and O–H groups in total. The van der Waals surface area contributed by atoms with Gasteiger partial charge in [-0.25, -0.2) is 4.39 Å². The maximum atomic E-state index is 12.6. The van der Waals surface area contributed by atoms with Crippen molar-refractivity contribution in [1.82, 2.24) is 0 Å². The second-order valence-corrected chi connectivity index (χ2v) is 2.70. The summed E-state index contributed by atoms with van der Waals surface area (Å²) < 4.78 is 17.8. The lowest BCUT2D eigenvalue weighted by atomic mass is 10.3. The summed E-state index contributed by atoms with van der Waals surface area (Å²) in [6.07, 6.45) is 3.57. The molecule has 13 heavy (non-hydrogen) atoms. The van der Waals surface area contributed by atoms with Crippen molar-refractivity contribution in [1.29, 1.82) is 0 Å². The lowest BCUT2D eigenvalue weighted by Gasteiger charge is -2.01. The molecule has 0 aromatic heterocycles. The van der Waals surface area contributed by atoms with E-state index in [1.165, 1.54) is 12.1 Å². The summed E-state index contributed by atoms with van der Waals surface area (Å²) in [4.78, 5) is 0. The van der Waals surface area contributed by atoms with Crippen molar-refractivity contribution in [2.75, 3.05) is 12.5 Å². The molecule has 0 heterocycles. The molecule has 1 aromatic carbocycles. The van der Waals surface area contributed by atoms with Crippen LogP contribution in [-0.2, 0) is 0 Å². The Kier molecular flexibility index (Phi) is 4.33. The van der Waals surface area contributed by atoms with E-state index in [0.29, 0.717) is 18.2 Å². The smallest absolute Gasteiger partial charge is 0.126 e. The minimum absolute atomic E-state index is 0.293. The summed E-state index contributed by atoms with van der Waals surface area (Å²) in [5, 5.41) is 0. The van der Waals surface area contributed by atoms with Crippen molar-refractivity contribution < 1.29 is 9.13 Å². The van der Waals surface area contributed by atoms with Crippen LogP contribution in [0.25, 0.3) is 0 Å². The van der Waals surface area contributed by atoms with E-state index in [4.69, 9.17) is 16.3 Å². The first-order chi connectivity index (χ1) is 6.33. The van der Waals surface area contributed by atoms with Crippen molar-refractivity contribution in [3.05, 3.63) is 42.2 Å². The van der Waals surface area contributed by atoms with Crippen molar-refractivity contribution in [2.45, 2.75) is 0 Å². The average molecular weight is 201 g/mol. The SMILES string of the molecule is Fc1cccc(OCC=CCCl)c1. The Balaban J connectivity index is 2.41. The Labute approximate surface area is 81.8 Å². The molecule has 0 unspecified atom stereocenters. The van der Waals surface area contributed by atoms with Gasteiger partial charge in [0.1, 0.15) is 18.2 Å². The molecule has 0 saturated carbocycles. The van der Waals surface area contributed by atoms with Crippen LogP contribution in [0.1, 0.15) is 0 Å². The molecule has 70 valence electrons. The van der Waals surface area contributed by atoms with Gasteiger partial charge in [-0.15, -0.1) is 11.6 Å².